The van der Waals surface area contributed by atoms with E-state index in [-0.39, 0.29) is 5.91 Å². The molecule has 0 atom stereocenters. The molecule has 0 radical (unpaired) electrons. The number of nitrogens with zero attached hydrogens (tertiary/aromatic N) is 3. The number of anilines is 1. The number of fused-ring (bicyclic) bond motifs is 1. The fourth-order valence-corrected chi connectivity index (χ4v) is 5.87. The van der Waals surface area contributed by atoms with Crippen molar-refractivity contribution in [2.45, 2.75) is 27.7 Å². The molecule has 0 aliphatic rings. The lowest BCUT2D eigenvalue weighted by Crippen LogP contribution is -2.09. The number of hydrogen-bond acceptors (Lipinski definition) is 5. The van der Waals surface area contributed by atoms with Crippen LogP contribution in [0.25, 0.3) is 27.2 Å². The minimum atomic E-state index is -0.150. The highest BCUT2D eigenvalue weighted by Crippen LogP contribution is 2.33. The van der Waals surface area contributed by atoms with Crippen LogP contribution in [-0.2, 0) is 0 Å². The molecule has 1 N–H and O–H groups in total. The van der Waals surface area contributed by atoms with E-state index in [4.69, 9.17) is 4.98 Å². The van der Waals surface area contributed by atoms with Gasteiger partial charge in [-0.05, 0) is 57.0 Å². The summed E-state index contributed by atoms with van der Waals surface area (Å²) in [7, 11) is 0. The van der Waals surface area contributed by atoms with Crippen LogP contribution in [0.5, 0.6) is 0 Å². The van der Waals surface area contributed by atoms with Crippen LogP contribution >= 0.6 is 22.7 Å². The molecule has 0 saturated heterocycles. The summed E-state index contributed by atoms with van der Waals surface area (Å²) in [6, 6.07) is 16.2. The zero-order chi connectivity index (χ0) is 22.4. The first-order chi connectivity index (χ1) is 15.4. The van der Waals surface area contributed by atoms with Crippen molar-refractivity contribution in [3.63, 3.8) is 0 Å². The van der Waals surface area contributed by atoms with Gasteiger partial charge in [-0.3, -0.25) is 10.1 Å². The van der Waals surface area contributed by atoms with Crippen LogP contribution in [0.15, 0.2) is 53.9 Å². The summed E-state index contributed by atoms with van der Waals surface area (Å²) >= 11 is 2.89. The molecule has 0 aliphatic carbocycles. The van der Waals surface area contributed by atoms with Gasteiger partial charge in [0.1, 0.15) is 4.83 Å². The first-order valence-corrected chi connectivity index (χ1v) is 12.0. The summed E-state index contributed by atoms with van der Waals surface area (Å²) in [5.41, 5.74) is 7.53. The van der Waals surface area contributed by atoms with E-state index in [1.807, 2.05) is 53.4 Å². The molecule has 0 saturated carbocycles. The van der Waals surface area contributed by atoms with Gasteiger partial charge in [0.2, 0.25) is 0 Å². The molecular formula is C25H22N4OS2. The number of rotatable bonds is 4. The monoisotopic (exact) mass is 458 g/mol. The summed E-state index contributed by atoms with van der Waals surface area (Å²) in [4.78, 5) is 19.3. The van der Waals surface area contributed by atoms with Gasteiger partial charge in [0.15, 0.2) is 5.13 Å². The van der Waals surface area contributed by atoms with Crippen LogP contribution in [0, 0.1) is 27.7 Å². The molecule has 0 aliphatic heterocycles. The number of para-hydroxylation sites is 1. The van der Waals surface area contributed by atoms with Crippen LogP contribution in [0.2, 0.25) is 0 Å². The average molecular weight is 459 g/mol. The first kappa shape index (κ1) is 20.6. The quantitative estimate of drug-likeness (QED) is 0.326. The lowest BCUT2D eigenvalue weighted by molar-refractivity contribution is 0.103. The van der Waals surface area contributed by atoms with Crippen molar-refractivity contribution in [1.82, 2.24) is 14.8 Å². The second-order valence-corrected chi connectivity index (χ2v) is 9.82. The van der Waals surface area contributed by atoms with E-state index in [2.05, 4.69) is 43.3 Å². The molecule has 0 fully saturated rings. The molecule has 0 bridgehead atoms. The second-order valence-electron chi connectivity index (χ2n) is 7.93. The Labute approximate surface area is 194 Å². The van der Waals surface area contributed by atoms with Gasteiger partial charge >= 0.3 is 0 Å². The Morgan fingerprint density at radius 3 is 2.44 bits per heavy atom. The van der Waals surface area contributed by atoms with Crippen molar-refractivity contribution in [3.05, 3.63) is 81.2 Å². The summed E-state index contributed by atoms with van der Waals surface area (Å²) < 4.78 is 1.90. The van der Waals surface area contributed by atoms with Crippen LogP contribution in [0.1, 0.15) is 32.1 Å². The standard InChI is InChI=1S/C25H22N4OS2/c1-14-10-15(2)22(16(3)11-14)20-13-31-25(26-20)27-23(30)21-12-19-17(4)28-29(24(19)32-21)18-8-6-5-7-9-18/h5-13H,1-4H3,(H,26,27,30). The van der Waals surface area contributed by atoms with E-state index < -0.39 is 0 Å². The maximum Gasteiger partial charge on any atom is 0.267 e. The Hall–Kier alpha value is -3.29. The molecule has 5 nitrogen and oxygen atoms in total. The predicted molar refractivity (Wildman–Crippen MR) is 133 cm³/mol. The lowest BCUT2D eigenvalue weighted by Gasteiger charge is -2.08. The van der Waals surface area contributed by atoms with Gasteiger partial charge in [-0.15, -0.1) is 22.7 Å². The Kier molecular flexibility index (Phi) is 5.15. The second kappa shape index (κ2) is 8.00. The number of nitrogens with one attached hydrogen (secondary N) is 1. The molecule has 2 aromatic carbocycles. The molecule has 160 valence electrons. The number of hydrogen-bond donors (Lipinski definition) is 1. The van der Waals surface area contributed by atoms with Gasteiger partial charge in [0.05, 0.1) is 22.0 Å². The average Bonchev–Trinajstić information content (AvgIpc) is 3.45. The van der Waals surface area contributed by atoms with E-state index in [1.54, 1.807) is 0 Å². The zero-order valence-electron chi connectivity index (χ0n) is 18.3. The van der Waals surface area contributed by atoms with Gasteiger partial charge in [-0.25, -0.2) is 9.67 Å². The van der Waals surface area contributed by atoms with E-state index >= 15 is 0 Å². The molecular weight excluding hydrogens is 436 g/mol. The van der Waals surface area contributed by atoms with Crippen LogP contribution < -0.4 is 5.32 Å². The Morgan fingerprint density at radius 2 is 1.72 bits per heavy atom. The van der Waals surface area contributed by atoms with Crippen LogP contribution in [0.3, 0.4) is 0 Å². The maximum atomic E-state index is 13.0. The minimum absolute atomic E-state index is 0.150. The molecule has 0 spiro atoms. The highest BCUT2D eigenvalue weighted by Gasteiger charge is 2.19. The number of benzene rings is 2. The third kappa shape index (κ3) is 3.63. The number of carbonyl (C=O) groups excluding carboxylic acids is 1. The van der Waals surface area contributed by atoms with Crippen molar-refractivity contribution < 1.29 is 4.79 Å². The molecule has 3 aromatic heterocycles. The van der Waals surface area contributed by atoms with E-state index in [1.165, 1.54) is 39.4 Å². The maximum absolute atomic E-state index is 13.0. The van der Waals surface area contributed by atoms with Crippen molar-refractivity contribution in [2.24, 2.45) is 0 Å². The third-order valence-corrected chi connectivity index (χ3v) is 7.29. The Morgan fingerprint density at radius 1 is 1.00 bits per heavy atom. The molecule has 5 aromatic rings. The number of thiazole rings is 1. The minimum Gasteiger partial charge on any atom is -0.297 e. The molecule has 7 heteroatoms. The van der Waals surface area contributed by atoms with Gasteiger partial charge in [-0.1, -0.05) is 35.9 Å². The van der Waals surface area contributed by atoms with E-state index in [0.29, 0.717) is 10.0 Å². The van der Waals surface area contributed by atoms with Crippen molar-refractivity contribution in [2.75, 3.05) is 5.32 Å². The molecule has 3 heterocycles. The van der Waals surface area contributed by atoms with E-state index in [9.17, 15) is 4.79 Å². The SMILES string of the molecule is Cc1cc(C)c(-c2csc(NC(=O)c3cc4c(C)nn(-c5ccccc5)c4s3)n2)c(C)c1. The number of thiophene rings is 1. The Bertz CT molecular complexity index is 1440. The summed E-state index contributed by atoms with van der Waals surface area (Å²) in [6.45, 7) is 8.26. The molecule has 1 amide bonds. The predicted octanol–water partition coefficient (Wildman–Crippen LogP) is 6.70. The third-order valence-electron chi connectivity index (χ3n) is 5.43. The van der Waals surface area contributed by atoms with Crippen molar-refractivity contribution >= 4 is 43.9 Å². The molecule has 0 unspecified atom stereocenters. The fraction of sp³-hybridized carbons (Fsp3) is 0.160. The van der Waals surface area contributed by atoms with Gasteiger partial charge in [0.25, 0.3) is 5.91 Å². The smallest absolute Gasteiger partial charge is 0.267 e. The topological polar surface area (TPSA) is 59.8 Å². The Balaban J connectivity index is 1.43. The summed E-state index contributed by atoms with van der Waals surface area (Å²) in [6.07, 6.45) is 0. The van der Waals surface area contributed by atoms with Gasteiger partial charge in [0, 0.05) is 16.3 Å². The van der Waals surface area contributed by atoms with Crippen molar-refractivity contribution in [3.8, 4) is 16.9 Å². The number of aromatic nitrogens is 3. The van der Waals surface area contributed by atoms with Crippen molar-refractivity contribution in [1.29, 1.82) is 0 Å². The molecule has 32 heavy (non-hydrogen) atoms. The highest BCUT2D eigenvalue weighted by molar-refractivity contribution is 7.20. The summed E-state index contributed by atoms with van der Waals surface area (Å²) in [5.74, 6) is -0.150. The fourth-order valence-electron chi connectivity index (χ4n) is 4.09. The number of aryl methyl sites for hydroxylation is 4. The first-order valence-electron chi connectivity index (χ1n) is 10.3. The number of amides is 1. The van der Waals surface area contributed by atoms with Crippen LogP contribution in [0.4, 0.5) is 5.13 Å². The number of carbonyl (C=O) groups is 1. The van der Waals surface area contributed by atoms with Gasteiger partial charge in [-0.2, -0.15) is 5.10 Å². The molecule has 5 rings (SSSR count). The summed E-state index contributed by atoms with van der Waals surface area (Å²) in [5, 5.41) is 11.2. The van der Waals surface area contributed by atoms with Crippen LogP contribution in [-0.4, -0.2) is 20.7 Å². The van der Waals surface area contributed by atoms with E-state index in [0.717, 1.165) is 32.9 Å². The zero-order valence-corrected chi connectivity index (χ0v) is 19.9. The largest absolute Gasteiger partial charge is 0.297 e. The normalized spacial score (nSPS) is 11.2. The highest BCUT2D eigenvalue weighted by atomic mass is 32.1. The van der Waals surface area contributed by atoms with Gasteiger partial charge < -0.3 is 0 Å². The lowest BCUT2D eigenvalue weighted by atomic mass is 9.98.